The van der Waals surface area contributed by atoms with Crippen molar-refractivity contribution in [3.63, 3.8) is 0 Å². The van der Waals surface area contributed by atoms with Gasteiger partial charge in [-0.1, -0.05) is 37.6 Å². The van der Waals surface area contributed by atoms with Crippen LogP contribution < -0.4 is 0 Å². The van der Waals surface area contributed by atoms with Gasteiger partial charge < -0.3 is 0 Å². The van der Waals surface area contributed by atoms with E-state index in [1.165, 1.54) is 0 Å². The molecule has 17 heavy (non-hydrogen) atoms. The molecule has 0 N–H and O–H groups in total. The minimum atomic E-state index is 0.400. The largest absolute Gasteiger partial charge is 0.266 e. The molecule has 0 aliphatic carbocycles. The fourth-order valence-corrected chi connectivity index (χ4v) is 2.96. The molecule has 0 aliphatic heterocycles. The summed E-state index contributed by atoms with van der Waals surface area (Å²) in [6.45, 7) is 4.28. The van der Waals surface area contributed by atoms with Crippen LogP contribution in [0, 0.1) is 0 Å². The van der Waals surface area contributed by atoms with Crippen molar-refractivity contribution < 1.29 is 0 Å². The topological polar surface area (TPSA) is 17.8 Å². The molecule has 2 nitrogen and oxygen atoms in total. The normalized spacial score (nSPS) is 11.2. The van der Waals surface area contributed by atoms with Crippen molar-refractivity contribution in [2.75, 3.05) is 0 Å². The van der Waals surface area contributed by atoms with Gasteiger partial charge >= 0.3 is 0 Å². The predicted octanol–water partition coefficient (Wildman–Crippen LogP) is 4.63. The standard InChI is InChI=1S/C13H14BrClN2/c1-8(2)12-11(14)13(17(3)16-12)9-4-6-10(15)7-5-9/h4-8H,1-3H3. The zero-order valence-electron chi connectivity index (χ0n) is 10.0. The van der Waals surface area contributed by atoms with Gasteiger partial charge in [0.1, 0.15) is 0 Å². The molecule has 0 saturated heterocycles. The molecule has 1 heterocycles. The first kappa shape index (κ1) is 12.7. The van der Waals surface area contributed by atoms with E-state index in [-0.39, 0.29) is 0 Å². The molecule has 0 fully saturated rings. The molecule has 0 unspecified atom stereocenters. The molecule has 0 saturated carbocycles. The maximum absolute atomic E-state index is 5.90. The molecule has 1 aromatic carbocycles. The Morgan fingerprint density at radius 2 is 1.82 bits per heavy atom. The van der Waals surface area contributed by atoms with Gasteiger partial charge in [-0.15, -0.1) is 0 Å². The highest BCUT2D eigenvalue weighted by Gasteiger charge is 2.17. The minimum absolute atomic E-state index is 0.400. The third kappa shape index (κ3) is 2.40. The van der Waals surface area contributed by atoms with E-state index in [9.17, 15) is 0 Å². The number of benzene rings is 1. The fraction of sp³-hybridized carbons (Fsp3) is 0.308. The van der Waals surface area contributed by atoms with Crippen LogP contribution in [0.1, 0.15) is 25.5 Å². The van der Waals surface area contributed by atoms with Gasteiger partial charge in [0.2, 0.25) is 0 Å². The summed E-state index contributed by atoms with van der Waals surface area (Å²) in [7, 11) is 1.96. The van der Waals surface area contributed by atoms with Crippen LogP contribution in [-0.4, -0.2) is 9.78 Å². The molecular formula is C13H14BrClN2. The second-order valence-corrected chi connectivity index (χ2v) is 5.56. The van der Waals surface area contributed by atoms with Crippen LogP contribution in [-0.2, 0) is 7.05 Å². The van der Waals surface area contributed by atoms with E-state index in [0.29, 0.717) is 5.92 Å². The van der Waals surface area contributed by atoms with Crippen molar-refractivity contribution in [1.29, 1.82) is 0 Å². The zero-order chi connectivity index (χ0) is 12.6. The summed E-state index contributed by atoms with van der Waals surface area (Å²) in [5.41, 5.74) is 3.28. The smallest absolute Gasteiger partial charge is 0.0824 e. The molecule has 0 bridgehead atoms. The average Bonchev–Trinajstić information content (AvgIpc) is 2.56. The lowest BCUT2D eigenvalue weighted by molar-refractivity contribution is 0.717. The molecule has 90 valence electrons. The lowest BCUT2D eigenvalue weighted by Gasteiger charge is -2.03. The van der Waals surface area contributed by atoms with Crippen molar-refractivity contribution in [1.82, 2.24) is 9.78 Å². The van der Waals surface area contributed by atoms with Crippen LogP contribution in [0.3, 0.4) is 0 Å². The van der Waals surface area contributed by atoms with Gasteiger partial charge in [-0.25, -0.2) is 0 Å². The van der Waals surface area contributed by atoms with Gasteiger partial charge in [0, 0.05) is 17.6 Å². The van der Waals surface area contributed by atoms with Crippen LogP contribution in [0.15, 0.2) is 28.7 Å². The number of hydrogen-bond donors (Lipinski definition) is 0. The van der Waals surface area contributed by atoms with Crippen LogP contribution in [0.4, 0.5) is 0 Å². The van der Waals surface area contributed by atoms with E-state index in [0.717, 1.165) is 26.4 Å². The van der Waals surface area contributed by atoms with Gasteiger partial charge in [-0.05, 0) is 34.0 Å². The van der Waals surface area contributed by atoms with Crippen molar-refractivity contribution in [2.24, 2.45) is 7.05 Å². The molecular weight excluding hydrogens is 300 g/mol. The second kappa shape index (κ2) is 4.83. The van der Waals surface area contributed by atoms with Gasteiger partial charge in [0.25, 0.3) is 0 Å². The summed E-state index contributed by atoms with van der Waals surface area (Å²) >= 11 is 9.54. The zero-order valence-corrected chi connectivity index (χ0v) is 12.4. The second-order valence-electron chi connectivity index (χ2n) is 4.33. The molecule has 2 aromatic rings. The van der Waals surface area contributed by atoms with Crippen molar-refractivity contribution in [3.05, 3.63) is 39.5 Å². The van der Waals surface area contributed by atoms with Crippen LogP contribution >= 0.6 is 27.5 Å². The summed E-state index contributed by atoms with van der Waals surface area (Å²) in [6.07, 6.45) is 0. The highest BCUT2D eigenvalue weighted by molar-refractivity contribution is 9.10. The lowest BCUT2D eigenvalue weighted by Crippen LogP contribution is -1.95. The number of rotatable bonds is 2. The van der Waals surface area contributed by atoms with Crippen molar-refractivity contribution in [3.8, 4) is 11.3 Å². The van der Waals surface area contributed by atoms with Gasteiger partial charge in [0.15, 0.2) is 0 Å². The molecule has 0 atom stereocenters. The van der Waals surface area contributed by atoms with E-state index < -0.39 is 0 Å². The highest BCUT2D eigenvalue weighted by atomic mass is 79.9. The first-order valence-electron chi connectivity index (χ1n) is 5.49. The van der Waals surface area contributed by atoms with E-state index in [2.05, 4.69) is 34.9 Å². The number of aromatic nitrogens is 2. The lowest BCUT2D eigenvalue weighted by atomic mass is 10.1. The van der Waals surface area contributed by atoms with Gasteiger partial charge in [-0.3, -0.25) is 4.68 Å². The fourth-order valence-electron chi connectivity index (χ4n) is 1.81. The maximum atomic E-state index is 5.90. The molecule has 2 rings (SSSR count). The number of nitrogens with zero attached hydrogens (tertiary/aromatic N) is 2. The van der Waals surface area contributed by atoms with Gasteiger partial charge in [-0.2, -0.15) is 5.10 Å². The molecule has 0 amide bonds. The summed E-state index contributed by atoms with van der Waals surface area (Å²) in [4.78, 5) is 0. The van der Waals surface area contributed by atoms with Gasteiger partial charge in [0.05, 0.1) is 15.9 Å². The van der Waals surface area contributed by atoms with E-state index >= 15 is 0 Å². The molecule has 4 heteroatoms. The summed E-state index contributed by atoms with van der Waals surface area (Å²) in [5.74, 6) is 0.400. The third-order valence-electron chi connectivity index (χ3n) is 2.68. The summed E-state index contributed by atoms with van der Waals surface area (Å²) in [6, 6.07) is 7.80. The quantitative estimate of drug-likeness (QED) is 0.790. The Hall–Kier alpha value is -0.800. The monoisotopic (exact) mass is 312 g/mol. The Morgan fingerprint density at radius 3 is 2.29 bits per heavy atom. The Balaban J connectivity index is 2.56. The van der Waals surface area contributed by atoms with E-state index in [1.807, 2.05) is 36.0 Å². The van der Waals surface area contributed by atoms with E-state index in [1.54, 1.807) is 0 Å². The predicted molar refractivity (Wildman–Crippen MR) is 75.4 cm³/mol. The molecule has 0 aliphatic rings. The molecule has 0 radical (unpaired) electrons. The van der Waals surface area contributed by atoms with E-state index in [4.69, 9.17) is 11.6 Å². The Labute approximate surface area is 115 Å². The first-order valence-corrected chi connectivity index (χ1v) is 6.66. The number of aryl methyl sites for hydroxylation is 1. The SMILES string of the molecule is CC(C)c1nn(C)c(-c2ccc(Cl)cc2)c1Br. The summed E-state index contributed by atoms with van der Waals surface area (Å²) in [5, 5.41) is 5.29. The Morgan fingerprint density at radius 1 is 1.24 bits per heavy atom. The third-order valence-corrected chi connectivity index (χ3v) is 3.71. The highest BCUT2D eigenvalue weighted by Crippen LogP contribution is 2.34. The van der Waals surface area contributed by atoms with Crippen molar-refractivity contribution in [2.45, 2.75) is 19.8 Å². The van der Waals surface area contributed by atoms with Crippen LogP contribution in [0.25, 0.3) is 11.3 Å². The Kier molecular flexibility index (Phi) is 3.59. The first-order chi connectivity index (χ1) is 8.00. The van der Waals surface area contributed by atoms with Crippen molar-refractivity contribution >= 4 is 27.5 Å². The van der Waals surface area contributed by atoms with Crippen LogP contribution in [0.5, 0.6) is 0 Å². The summed E-state index contributed by atoms with van der Waals surface area (Å²) < 4.78 is 2.97. The average molecular weight is 314 g/mol. The molecule has 0 spiro atoms. The van der Waals surface area contributed by atoms with Crippen LogP contribution in [0.2, 0.25) is 5.02 Å². The number of hydrogen-bond acceptors (Lipinski definition) is 1. The Bertz CT molecular complexity index is 529. The molecule has 1 aromatic heterocycles. The number of halogens is 2. The minimum Gasteiger partial charge on any atom is -0.266 e. The maximum Gasteiger partial charge on any atom is 0.0824 e.